The predicted octanol–water partition coefficient (Wildman–Crippen LogP) is 6.97. The SMILES string of the molecule is CCCC(C)(CC)OOC1(OOC(C)(CC)CCC)C(C)CCCC1C. The Bertz CT molecular complexity index is 364. The van der Waals surface area contributed by atoms with Crippen molar-refractivity contribution in [3.05, 3.63) is 0 Å². The van der Waals surface area contributed by atoms with E-state index in [1.165, 1.54) is 6.42 Å². The zero-order valence-corrected chi connectivity index (χ0v) is 18.7. The molecular formula is C22H44O4. The summed E-state index contributed by atoms with van der Waals surface area (Å²) >= 11 is 0. The van der Waals surface area contributed by atoms with Gasteiger partial charge in [0.1, 0.15) is 11.2 Å². The van der Waals surface area contributed by atoms with Crippen molar-refractivity contribution in [1.82, 2.24) is 0 Å². The van der Waals surface area contributed by atoms with Gasteiger partial charge in [-0.05, 0) is 52.4 Å². The number of rotatable bonds is 12. The smallest absolute Gasteiger partial charge is 0.227 e. The van der Waals surface area contributed by atoms with Gasteiger partial charge in [-0.2, -0.15) is 9.78 Å². The first-order chi connectivity index (χ1) is 12.2. The van der Waals surface area contributed by atoms with Crippen LogP contribution in [-0.4, -0.2) is 17.0 Å². The van der Waals surface area contributed by atoms with Crippen molar-refractivity contribution in [2.45, 2.75) is 130 Å². The second-order valence-electron chi connectivity index (χ2n) is 8.89. The lowest BCUT2D eigenvalue weighted by atomic mass is 9.77. The fourth-order valence-corrected chi connectivity index (χ4v) is 3.90. The third-order valence-electron chi connectivity index (χ3n) is 6.45. The van der Waals surface area contributed by atoms with Gasteiger partial charge in [-0.25, -0.2) is 9.78 Å². The molecule has 4 nitrogen and oxygen atoms in total. The Morgan fingerprint density at radius 1 is 0.769 bits per heavy atom. The van der Waals surface area contributed by atoms with Gasteiger partial charge in [0.25, 0.3) is 0 Å². The van der Waals surface area contributed by atoms with Crippen molar-refractivity contribution < 1.29 is 19.6 Å². The molecule has 1 aliphatic carbocycles. The van der Waals surface area contributed by atoms with Gasteiger partial charge in [0, 0.05) is 11.8 Å². The molecule has 4 atom stereocenters. The second-order valence-corrected chi connectivity index (χ2v) is 8.89. The van der Waals surface area contributed by atoms with Crippen LogP contribution in [-0.2, 0) is 19.6 Å². The summed E-state index contributed by atoms with van der Waals surface area (Å²) in [5.41, 5.74) is -0.584. The molecule has 1 rings (SSSR count). The van der Waals surface area contributed by atoms with Crippen molar-refractivity contribution >= 4 is 0 Å². The molecule has 0 amide bonds. The van der Waals surface area contributed by atoms with Crippen LogP contribution in [0.5, 0.6) is 0 Å². The van der Waals surface area contributed by atoms with E-state index in [0.717, 1.165) is 51.4 Å². The quantitative estimate of drug-likeness (QED) is 0.210. The maximum atomic E-state index is 6.17. The second kappa shape index (κ2) is 10.4. The fourth-order valence-electron chi connectivity index (χ4n) is 3.90. The zero-order valence-electron chi connectivity index (χ0n) is 18.7. The Labute approximate surface area is 162 Å². The van der Waals surface area contributed by atoms with E-state index >= 15 is 0 Å². The van der Waals surface area contributed by atoms with E-state index in [0.29, 0.717) is 0 Å². The van der Waals surface area contributed by atoms with E-state index in [9.17, 15) is 0 Å². The summed E-state index contributed by atoms with van der Waals surface area (Å²) < 4.78 is 0. The van der Waals surface area contributed by atoms with E-state index in [-0.39, 0.29) is 23.0 Å². The first-order valence-corrected chi connectivity index (χ1v) is 10.9. The van der Waals surface area contributed by atoms with Crippen LogP contribution in [0.3, 0.4) is 0 Å². The molecule has 0 spiro atoms. The van der Waals surface area contributed by atoms with Crippen molar-refractivity contribution in [2.24, 2.45) is 11.8 Å². The molecule has 0 bridgehead atoms. The molecule has 1 aliphatic rings. The molecule has 0 aromatic rings. The minimum atomic E-state index is -0.841. The van der Waals surface area contributed by atoms with Gasteiger partial charge in [0.05, 0.1) is 0 Å². The van der Waals surface area contributed by atoms with E-state index in [4.69, 9.17) is 19.6 Å². The summed E-state index contributed by atoms with van der Waals surface area (Å²) in [5.74, 6) is -0.402. The minimum Gasteiger partial charge on any atom is -0.227 e. The molecular weight excluding hydrogens is 328 g/mol. The summed E-state index contributed by atoms with van der Waals surface area (Å²) in [4.78, 5) is 24.5. The van der Waals surface area contributed by atoms with Gasteiger partial charge in [-0.1, -0.05) is 60.8 Å². The largest absolute Gasteiger partial charge is 0.238 e. The normalized spacial score (nSPS) is 31.4. The standard InChI is InChI=1S/C22H44O4/c1-9-16-20(7,11-3)23-25-22(18(5)14-13-15-19(22)6)26-24-21(8,12-4)17-10-2/h18-19H,9-17H2,1-8H3. The molecule has 0 saturated heterocycles. The molecule has 1 saturated carbocycles. The summed E-state index contributed by atoms with van der Waals surface area (Å²) in [6, 6.07) is 0. The van der Waals surface area contributed by atoms with Gasteiger partial charge in [-0.3, -0.25) is 0 Å². The van der Waals surface area contributed by atoms with E-state index in [1.807, 2.05) is 0 Å². The van der Waals surface area contributed by atoms with Crippen LogP contribution < -0.4 is 0 Å². The summed E-state index contributed by atoms with van der Waals surface area (Å²) in [6.45, 7) is 17.3. The molecule has 156 valence electrons. The first kappa shape index (κ1) is 23.9. The summed E-state index contributed by atoms with van der Waals surface area (Å²) in [7, 11) is 0. The van der Waals surface area contributed by atoms with Crippen LogP contribution in [0.1, 0.15) is 113 Å². The average Bonchev–Trinajstić information content (AvgIpc) is 2.61. The van der Waals surface area contributed by atoms with Crippen molar-refractivity contribution in [1.29, 1.82) is 0 Å². The third-order valence-corrected chi connectivity index (χ3v) is 6.45. The van der Waals surface area contributed by atoms with Crippen LogP contribution in [0, 0.1) is 11.8 Å². The Kier molecular flexibility index (Phi) is 9.55. The Hall–Kier alpha value is -0.160. The molecule has 4 unspecified atom stereocenters. The molecule has 0 aliphatic heterocycles. The Balaban J connectivity index is 2.96. The fraction of sp³-hybridized carbons (Fsp3) is 1.00. The van der Waals surface area contributed by atoms with Crippen molar-refractivity contribution in [3.8, 4) is 0 Å². The van der Waals surface area contributed by atoms with E-state index in [1.54, 1.807) is 0 Å². The molecule has 0 radical (unpaired) electrons. The number of hydrogen-bond acceptors (Lipinski definition) is 4. The monoisotopic (exact) mass is 372 g/mol. The van der Waals surface area contributed by atoms with Gasteiger partial charge in [0.2, 0.25) is 5.79 Å². The van der Waals surface area contributed by atoms with Crippen LogP contribution in [0.4, 0.5) is 0 Å². The predicted molar refractivity (Wildman–Crippen MR) is 106 cm³/mol. The maximum absolute atomic E-state index is 6.17. The summed E-state index contributed by atoms with van der Waals surface area (Å²) in [6.07, 6.45) is 9.18. The highest BCUT2D eigenvalue weighted by Gasteiger charge is 2.51. The highest BCUT2D eigenvalue weighted by atomic mass is 17.3. The molecule has 1 fully saturated rings. The number of hydrogen-bond donors (Lipinski definition) is 0. The summed E-state index contributed by atoms with van der Waals surface area (Å²) in [5, 5.41) is 0. The lowest BCUT2D eigenvalue weighted by molar-refractivity contribution is -0.569. The van der Waals surface area contributed by atoms with Gasteiger partial charge in [0.15, 0.2) is 0 Å². The zero-order chi connectivity index (χ0) is 19.8. The molecule has 4 heteroatoms. The van der Waals surface area contributed by atoms with Gasteiger partial charge in [-0.15, -0.1) is 0 Å². The van der Waals surface area contributed by atoms with E-state index in [2.05, 4.69) is 55.4 Å². The Morgan fingerprint density at radius 3 is 1.46 bits per heavy atom. The molecule has 0 N–H and O–H groups in total. The average molecular weight is 373 g/mol. The third kappa shape index (κ3) is 5.92. The van der Waals surface area contributed by atoms with Gasteiger partial charge < -0.3 is 0 Å². The highest BCUT2D eigenvalue weighted by Crippen LogP contribution is 2.44. The minimum absolute atomic E-state index is 0.219. The molecule has 0 aromatic heterocycles. The van der Waals surface area contributed by atoms with Crippen LogP contribution in [0.15, 0.2) is 0 Å². The lowest BCUT2D eigenvalue weighted by Crippen LogP contribution is -2.53. The van der Waals surface area contributed by atoms with Gasteiger partial charge >= 0.3 is 0 Å². The van der Waals surface area contributed by atoms with E-state index < -0.39 is 5.79 Å². The van der Waals surface area contributed by atoms with Crippen LogP contribution in [0.2, 0.25) is 0 Å². The van der Waals surface area contributed by atoms with Crippen LogP contribution >= 0.6 is 0 Å². The first-order valence-electron chi connectivity index (χ1n) is 10.9. The molecule has 26 heavy (non-hydrogen) atoms. The Morgan fingerprint density at radius 2 is 1.15 bits per heavy atom. The lowest BCUT2D eigenvalue weighted by Gasteiger charge is -2.46. The van der Waals surface area contributed by atoms with Crippen molar-refractivity contribution in [3.63, 3.8) is 0 Å². The maximum Gasteiger partial charge on any atom is 0.238 e. The van der Waals surface area contributed by atoms with Crippen molar-refractivity contribution in [2.75, 3.05) is 0 Å². The van der Waals surface area contributed by atoms with Crippen LogP contribution in [0.25, 0.3) is 0 Å². The highest BCUT2D eigenvalue weighted by molar-refractivity contribution is 4.86. The molecule has 0 aromatic carbocycles. The molecule has 0 heterocycles. The topological polar surface area (TPSA) is 36.9 Å².